The molecule has 0 aliphatic rings. The molecule has 6 heteroatoms. The van der Waals surface area contributed by atoms with E-state index < -0.39 is 11.7 Å². The van der Waals surface area contributed by atoms with Crippen LogP contribution in [0.25, 0.3) is 0 Å². The molecule has 1 atom stereocenters. The summed E-state index contributed by atoms with van der Waals surface area (Å²) >= 11 is 0. The Labute approximate surface area is 131 Å². The van der Waals surface area contributed by atoms with E-state index in [1.165, 1.54) is 0 Å². The molecule has 0 spiro atoms. The lowest BCUT2D eigenvalue weighted by molar-refractivity contribution is 0.0442. The summed E-state index contributed by atoms with van der Waals surface area (Å²) < 4.78 is 15.9. The van der Waals surface area contributed by atoms with Crippen LogP contribution in [0.5, 0.6) is 5.75 Å². The second-order valence-electron chi connectivity index (χ2n) is 6.14. The molecule has 0 radical (unpaired) electrons. The van der Waals surface area contributed by atoms with Crippen LogP contribution >= 0.6 is 0 Å². The molecule has 0 heterocycles. The number of ether oxygens (including phenoxy) is 3. The van der Waals surface area contributed by atoms with Crippen molar-refractivity contribution in [3.63, 3.8) is 0 Å². The highest BCUT2D eigenvalue weighted by Crippen LogP contribution is 2.22. The van der Waals surface area contributed by atoms with Gasteiger partial charge in [-0.3, -0.25) is 0 Å². The maximum Gasteiger partial charge on any atom is 0.407 e. The number of methoxy groups -OCH3 is 1. The largest absolute Gasteiger partial charge is 0.495 e. The fourth-order valence-corrected chi connectivity index (χ4v) is 1.78. The molecule has 0 saturated carbocycles. The quantitative estimate of drug-likeness (QED) is 0.789. The second-order valence-corrected chi connectivity index (χ2v) is 6.14. The summed E-state index contributed by atoms with van der Waals surface area (Å²) in [4.78, 5) is 11.6. The number of amides is 1. The SMILES string of the molecule is COc1ccc(COC[C@H](C)NC(=O)OC(C)(C)C)cc1N. The highest BCUT2D eigenvalue weighted by molar-refractivity contribution is 5.68. The van der Waals surface area contributed by atoms with Crippen LogP contribution in [0.4, 0.5) is 10.5 Å². The fourth-order valence-electron chi connectivity index (χ4n) is 1.78. The van der Waals surface area contributed by atoms with E-state index in [0.717, 1.165) is 5.56 Å². The summed E-state index contributed by atoms with van der Waals surface area (Å²) in [6.07, 6.45) is -0.447. The van der Waals surface area contributed by atoms with Gasteiger partial charge in [0.05, 0.1) is 32.1 Å². The predicted molar refractivity (Wildman–Crippen MR) is 85.9 cm³/mol. The molecule has 0 aromatic heterocycles. The minimum absolute atomic E-state index is 0.148. The zero-order valence-electron chi connectivity index (χ0n) is 13.9. The van der Waals surface area contributed by atoms with Gasteiger partial charge in [-0.1, -0.05) is 6.07 Å². The Bertz CT molecular complexity index is 497. The van der Waals surface area contributed by atoms with Gasteiger partial charge in [-0.25, -0.2) is 4.79 Å². The van der Waals surface area contributed by atoms with Crippen LogP contribution in [-0.4, -0.2) is 31.5 Å². The first kappa shape index (κ1) is 18.1. The van der Waals surface area contributed by atoms with Crippen molar-refractivity contribution in [3.8, 4) is 5.75 Å². The molecule has 3 N–H and O–H groups in total. The third kappa shape index (κ3) is 6.67. The first-order valence-corrected chi connectivity index (χ1v) is 7.21. The second kappa shape index (κ2) is 7.89. The Balaban J connectivity index is 2.34. The van der Waals surface area contributed by atoms with Crippen molar-refractivity contribution in [1.82, 2.24) is 5.32 Å². The van der Waals surface area contributed by atoms with E-state index in [1.807, 2.05) is 39.8 Å². The maximum atomic E-state index is 11.6. The molecule has 22 heavy (non-hydrogen) atoms. The lowest BCUT2D eigenvalue weighted by Crippen LogP contribution is -2.39. The van der Waals surface area contributed by atoms with Crippen molar-refractivity contribution in [1.29, 1.82) is 0 Å². The first-order chi connectivity index (χ1) is 10.2. The van der Waals surface area contributed by atoms with E-state index in [1.54, 1.807) is 13.2 Å². The van der Waals surface area contributed by atoms with E-state index >= 15 is 0 Å². The monoisotopic (exact) mass is 310 g/mol. The van der Waals surface area contributed by atoms with Gasteiger partial charge < -0.3 is 25.3 Å². The van der Waals surface area contributed by atoms with Crippen LogP contribution in [0.15, 0.2) is 18.2 Å². The summed E-state index contributed by atoms with van der Waals surface area (Å²) in [6, 6.07) is 5.35. The van der Waals surface area contributed by atoms with Crippen LogP contribution in [0.3, 0.4) is 0 Å². The smallest absolute Gasteiger partial charge is 0.407 e. The lowest BCUT2D eigenvalue weighted by atomic mass is 10.2. The van der Waals surface area contributed by atoms with Gasteiger partial charge in [-0.05, 0) is 45.4 Å². The lowest BCUT2D eigenvalue weighted by Gasteiger charge is -2.22. The van der Waals surface area contributed by atoms with Crippen molar-refractivity contribution in [2.24, 2.45) is 0 Å². The van der Waals surface area contributed by atoms with Crippen molar-refractivity contribution >= 4 is 11.8 Å². The molecule has 124 valence electrons. The molecule has 1 aromatic rings. The summed E-state index contributed by atoms with van der Waals surface area (Å²) in [5.41, 5.74) is 6.85. The van der Waals surface area contributed by atoms with Gasteiger partial charge in [0.2, 0.25) is 0 Å². The summed E-state index contributed by atoms with van der Waals surface area (Å²) in [7, 11) is 1.58. The Morgan fingerprint density at radius 1 is 1.36 bits per heavy atom. The number of nitrogens with two attached hydrogens (primary N) is 1. The van der Waals surface area contributed by atoms with Gasteiger partial charge in [-0.2, -0.15) is 0 Å². The summed E-state index contributed by atoms with van der Waals surface area (Å²) in [5, 5.41) is 2.72. The molecule has 0 aliphatic carbocycles. The average molecular weight is 310 g/mol. The molecule has 1 aromatic carbocycles. The molecule has 0 bridgehead atoms. The van der Waals surface area contributed by atoms with Crippen molar-refractivity contribution in [2.45, 2.75) is 45.9 Å². The average Bonchev–Trinajstić information content (AvgIpc) is 2.36. The Morgan fingerprint density at radius 3 is 2.59 bits per heavy atom. The molecule has 1 amide bonds. The Kier molecular flexibility index (Phi) is 6.49. The highest BCUT2D eigenvalue weighted by atomic mass is 16.6. The van der Waals surface area contributed by atoms with Crippen LogP contribution in [-0.2, 0) is 16.1 Å². The topological polar surface area (TPSA) is 82.8 Å². The van der Waals surface area contributed by atoms with Crippen molar-refractivity contribution < 1.29 is 19.0 Å². The zero-order chi connectivity index (χ0) is 16.8. The number of carbonyl (C=O) groups excluding carboxylic acids is 1. The van der Waals surface area contributed by atoms with E-state index in [9.17, 15) is 4.79 Å². The number of nitrogens with one attached hydrogen (secondary N) is 1. The number of hydrogen-bond donors (Lipinski definition) is 2. The molecular formula is C16H26N2O4. The molecule has 0 fully saturated rings. The number of rotatable bonds is 6. The number of carbonyl (C=O) groups is 1. The Morgan fingerprint density at radius 2 is 2.05 bits per heavy atom. The van der Waals surface area contributed by atoms with Gasteiger partial charge in [0.15, 0.2) is 0 Å². The molecule has 0 saturated heterocycles. The predicted octanol–water partition coefficient (Wildman–Crippen LogP) is 2.71. The molecule has 6 nitrogen and oxygen atoms in total. The van der Waals surface area contributed by atoms with Gasteiger partial charge in [0, 0.05) is 0 Å². The van der Waals surface area contributed by atoms with Crippen LogP contribution in [0.1, 0.15) is 33.3 Å². The number of anilines is 1. The van der Waals surface area contributed by atoms with Gasteiger partial charge >= 0.3 is 6.09 Å². The number of hydrogen-bond acceptors (Lipinski definition) is 5. The third-order valence-electron chi connectivity index (χ3n) is 2.69. The van der Waals surface area contributed by atoms with Crippen LogP contribution < -0.4 is 15.8 Å². The summed E-state index contributed by atoms with van der Waals surface area (Å²) in [6.45, 7) is 8.11. The zero-order valence-corrected chi connectivity index (χ0v) is 13.9. The standard InChI is InChI=1S/C16H26N2O4/c1-11(18-15(19)22-16(2,3)4)9-21-10-12-6-7-14(20-5)13(17)8-12/h6-8,11H,9-10,17H2,1-5H3,(H,18,19)/t11-/m0/s1. The van der Waals surface area contributed by atoms with Gasteiger partial charge in [-0.15, -0.1) is 0 Å². The Hall–Kier alpha value is -1.95. The summed E-state index contributed by atoms with van der Waals surface area (Å²) in [5.74, 6) is 0.642. The van der Waals surface area contributed by atoms with Gasteiger partial charge in [0.1, 0.15) is 11.4 Å². The minimum atomic E-state index is -0.509. The maximum absolute atomic E-state index is 11.6. The van der Waals surface area contributed by atoms with Gasteiger partial charge in [0.25, 0.3) is 0 Å². The van der Waals surface area contributed by atoms with E-state index in [4.69, 9.17) is 19.9 Å². The van der Waals surface area contributed by atoms with Crippen molar-refractivity contribution in [2.75, 3.05) is 19.5 Å². The van der Waals surface area contributed by atoms with Crippen molar-refractivity contribution in [3.05, 3.63) is 23.8 Å². The fraction of sp³-hybridized carbons (Fsp3) is 0.562. The first-order valence-electron chi connectivity index (χ1n) is 7.21. The normalized spacial score (nSPS) is 12.6. The van der Waals surface area contributed by atoms with E-state index in [-0.39, 0.29) is 6.04 Å². The van der Waals surface area contributed by atoms with Crippen LogP contribution in [0, 0.1) is 0 Å². The molecular weight excluding hydrogens is 284 g/mol. The molecule has 0 unspecified atom stereocenters. The number of benzene rings is 1. The highest BCUT2D eigenvalue weighted by Gasteiger charge is 2.17. The molecule has 0 aliphatic heterocycles. The number of alkyl carbamates (subject to hydrolysis) is 1. The van der Waals surface area contributed by atoms with E-state index in [2.05, 4.69) is 5.32 Å². The minimum Gasteiger partial charge on any atom is -0.495 e. The number of nitrogen functional groups attached to an aromatic ring is 1. The van der Waals surface area contributed by atoms with E-state index in [0.29, 0.717) is 24.7 Å². The van der Waals surface area contributed by atoms with Crippen LogP contribution in [0.2, 0.25) is 0 Å². The third-order valence-corrected chi connectivity index (χ3v) is 2.69. The molecule has 1 rings (SSSR count).